The van der Waals surface area contributed by atoms with Crippen molar-refractivity contribution < 1.29 is 4.74 Å². The smallest absolute Gasteiger partial charge is 0.214 e. The van der Waals surface area contributed by atoms with Crippen LogP contribution in [0.3, 0.4) is 0 Å². The molecule has 0 fully saturated rings. The molecule has 22 heavy (non-hydrogen) atoms. The van der Waals surface area contributed by atoms with E-state index < -0.39 is 0 Å². The molecule has 0 N–H and O–H groups in total. The van der Waals surface area contributed by atoms with Crippen LogP contribution in [-0.4, -0.2) is 27.3 Å². The van der Waals surface area contributed by atoms with Gasteiger partial charge in [0.2, 0.25) is 5.16 Å². The number of thioether (sulfide) groups is 1. The Kier molecular flexibility index (Phi) is 4.74. The summed E-state index contributed by atoms with van der Waals surface area (Å²) in [5, 5.41) is 12.7. The quantitative estimate of drug-likeness (QED) is 0.635. The van der Waals surface area contributed by atoms with Crippen LogP contribution < -0.4 is 4.74 Å². The van der Waals surface area contributed by atoms with Crippen molar-refractivity contribution >= 4 is 27.7 Å². The van der Waals surface area contributed by atoms with E-state index in [2.05, 4.69) is 37.5 Å². The maximum absolute atomic E-state index is 5.16. The molecule has 0 atom stereocenters. The molecule has 0 aliphatic heterocycles. The third-order valence-electron chi connectivity index (χ3n) is 3.07. The van der Waals surface area contributed by atoms with Crippen LogP contribution in [0.5, 0.6) is 5.75 Å². The monoisotopic (exact) mass is 376 g/mol. The van der Waals surface area contributed by atoms with Crippen molar-refractivity contribution in [2.75, 3.05) is 7.11 Å². The van der Waals surface area contributed by atoms with Crippen molar-refractivity contribution in [3.8, 4) is 11.4 Å². The lowest BCUT2D eigenvalue weighted by Gasteiger charge is -2.06. The predicted molar refractivity (Wildman–Crippen MR) is 89.4 cm³/mol. The van der Waals surface area contributed by atoms with Gasteiger partial charge in [-0.3, -0.25) is 0 Å². The Labute approximate surface area is 140 Å². The van der Waals surface area contributed by atoms with Gasteiger partial charge in [-0.05, 0) is 46.3 Å². The Bertz CT molecular complexity index is 760. The summed E-state index contributed by atoms with van der Waals surface area (Å²) in [7, 11) is 1.64. The van der Waals surface area contributed by atoms with Crippen LogP contribution in [0.1, 0.15) is 5.56 Å². The molecule has 7 heteroatoms. The van der Waals surface area contributed by atoms with E-state index in [-0.39, 0.29) is 0 Å². The van der Waals surface area contributed by atoms with Crippen LogP contribution in [0.25, 0.3) is 5.69 Å². The number of benzene rings is 2. The topological polar surface area (TPSA) is 52.8 Å². The lowest BCUT2D eigenvalue weighted by atomic mass is 10.2. The molecule has 3 rings (SSSR count). The number of halogens is 1. The Morgan fingerprint density at radius 2 is 1.91 bits per heavy atom. The number of nitrogens with zero attached hydrogens (tertiary/aromatic N) is 4. The second-order valence-corrected chi connectivity index (χ2v) is 6.25. The van der Waals surface area contributed by atoms with Crippen molar-refractivity contribution in [3.63, 3.8) is 0 Å². The molecule has 0 saturated heterocycles. The fourth-order valence-electron chi connectivity index (χ4n) is 1.91. The van der Waals surface area contributed by atoms with Crippen molar-refractivity contribution in [1.29, 1.82) is 0 Å². The van der Waals surface area contributed by atoms with Crippen LogP contribution in [-0.2, 0) is 5.75 Å². The predicted octanol–water partition coefficient (Wildman–Crippen LogP) is 3.73. The summed E-state index contributed by atoms with van der Waals surface area (Å²) in [5.41, 5.74) is 2.11. The lowest BCUT2D eigenvalue weighted by molar-refractivity contribution is 0.414. The van der Waals surface area contributed by atoms with E-state index in [0.717, 1.165) is 26.8 Å². The molecule has 5 nitrogen and oxygen atoms in total. The highest BCUT2D eigenvalue weighted by atomic mass is 79.9. The number of hydrogen-bond acceptors (Lipinski definition) is 5. The van der Waals surface area contributed by atoms with Crippen LogP contribution in [0.2, 0.25) is 0 Å². The molecule has 0 spiro atoms. The summed E-state index contributed by atoms with van der Waals surface area (Å²) in [6, 6.07) is 15.8. The van der Waals surface area contributed by atoms with E-state index in [4.69, 9.17) is 4.74 Å². The van der Waals surface area contributed by atoms with Gasteiger partial charge in [-0.15, -0.1) is 5.10 Å². The Balaban J connectivity index is 1.78. The van der Waals surface area contributed by atoms with Gasteiger partial charge in [-0.25, -0.2) is 0 Å². The largest absolute Gasteiger partial charge is 0.497 e. The second-order valence-electron chi connectivity index (χ2n) is 4.45. The average molecular weight is 377 g/mol. The first-order valence-corrected chi connectivity index (χ1v) is 8.35. The van der Waals surface area contributed by atoms with E-state index >= 15 is 0 Å². The van der Waals surface area contributed by atoms with Crippen molar-refractivity contribution in [2.24, 2.45) is 0 Å². The third kappa shape index (κ3) is 3.31. The van der Waals surface area contributed by atoms with Gasteiger partial charge in [-0.2, -0.15) is 4.68 Å². The normalized spacial score (nSPS) is 10.6. The standard InChI is InChI=1S/C15H13BrN4OS/c1-21-13-8-6-12(7-9-13)20-15(17-18-19-20)22-10-11-4-2-3-5-14(11)16/h2-9H,10H2,1H3. The molecule has 0 bridgehead atoms. The first-order chi connectivity index (χ1) is 10.8. The van der Waals surface area contributed by atoms with Crippen molar-refractivity contribution in [2.45, 2.75) is 10.9 Å². The minimum absolute atomic E-state index is 0.751. The van der Waals surface area contributed by atoms with Gasteiger partial charge in [0.15, 0.2) is 0 Å². The average Bonchev–Trinajstić information content (AvgIpc) is 3.03. The fraction of sp³-hybridized carbons (Fsp3) is 0.133. The van der Waals surface area contributed by atoms with E-state index in [0.29, 0.717) is 0 Å². The molecule has 0 radical (unpaired) electrons. The molecule has 3 aromatic rings. The highest BCUT2D eigenvalue weighted by Gasteiger charge is 2.10. The molecule has 0 aliphatic carbocycles. The molecule has 0 aliphatic rings. The molecule has 0 amide bonds. The first kappa shape index (κ1) is 15.1. The number of hydrogen-bond donors (Lipinski definition) is 0. The third-order valence-corrected chi connectivity index (χ3v) is 4.81. The summed E-state index contributed by atoms with van der Waals surface area (Å²) in [6.45, 7) is 0. The van der Waals surface area contributed by atoms with E-state index in [1.807, 2.05) is 42.5 Å². The molecule has 1 aromatic heterocycles. The van der Waals surface area contributed by atoms with Gasteiger partial charge in [0.05, 0.1) is 12.8 Å². The van der Waals surface area contributed by atoms with Gasteiger partial charge in [0.25, 0.3) is 0 Å². The lowest BCUT2D eigenvalue weighted by Crippen LogP contribution is -1.99. The van der Waals surface area contributed by atoms with Gasteiger partial charge in [0.1, 0.15) is 5.75 Å². The summed E-state index contributed by atoms with van der Waals surface area (Å²) >= 11 is 5.15. The van der Waals surface area contributed by atoms with Gasteiger partial charge < -0.3 is 4.74 Å². The number of tetrazole rings is 1. The van der Waals surface area contributed by atoms with Gasteiger partial charge in [-0.1, -0.05) is 45.9 Å². The van der Waals surface area contributed by atoms with E-state index in [9.17, 15) is 0 Å². The van der Waals surface area contributed by atoms with Gasteiger partial charge >= 0.3 is 0 Å². The fourth-order valence-corrected chi connectivity index (χ4v) is 3.42. The zero-order chi connectivity index (χ0) is 15.4. The minimum atomic E-state index is 0.751. The zero-order valence-electron chi connectivity index (χ0n) is 11.8. The number of ether oxygens (including phenoxy) is 1. The SMILES string of the molecule is COc1ccc(-n2nnnc2SCc2ccccc2Br)cc1. The van der Waals surface area contributed by atoms with Crippen molar-refractivity contribution in [3.05, 3.63) is 58.6 Å². The van der Waals surface area contributed by atoms with Gasteiger partial charge in [0, 0.05) is 10.2 Å². The van der Waals surface area contributed by atoms with E-state index in [1.165, 1.54) is 5.56 Å². The Morgan fingerprint density at radius 1 is 1.14 bits per heavy atom. The minimum Gasteiger partial charge on any atom is -0.497 e. The van der Waals surface area contributed by atoms with Crippen LogP contribution in [0, 0.1) is 0 Å². The Hall–Kier alpha value is -1.86. The Morgan fingerprint density at radius 3 is 2.64 bits per heavy atom. The molecular weight excluding hydrogens is 364 g/mol. The molecular formula is C15H13BrN4OS. The molecule has 0 unspecified atom stereocenters. The maximum atomic E-state index is 5.16. The summed E-state index contributed by atoms with van der Waals surface area (Å²) < 4.78 is 7.98. The summed E-state index contributed by atoms with van der Waals surface area (Å²) in [5.74, 6) is 1.59. The van der Waals surface area contributed by atoms with E-state index in [1.54, 1.807) is 23.6 Å². The van der Waals surface area contributed by atoms with Crippen LogP contribution in [0.4, 0.5) is 0 Å². The molecule has 2 aromatic carbocycles. The highest BCUT2D eigenvalue weighted by Crippen LogP contribution is 2.26. The van der Waals surface area contributed by atoms with Crippen LogP contribution in [0.15, 0.2) is 58.2 Å². The molecule has 0 saturated carbocycles. The highest BCUT2D eigenvalue weighted by molar-refractivity contribution is 9.10. The summed E-state index contributed by atoms with van der Waals surface area (Å²) in [4.78, 5) is 0. The van der Waals surface area contributed by atoms with Crippen molar-refractivity contribution in [1.82, 2.24) is 20.2 Å². The maximum Gasteiger partial charge on any atom is 0.214 e. The number of aromatic nitrogens is 4. The first-order valence-electron chi connectivity index (χ1n) is 6.57. The van der Waals surface area contributed by atoms with Crippen LogP contribution >= 0.6 is 27.7 Å². The summed E-state index contributed by atoms with van der Waals surface area (Å²) in [6.07, 6.45) is 0. The number of methoxy groups -OCH3 is 1. The molecule has 112 valence electrons. The second kappa shape index (κ2) is 6.93. The molecule has 1 heterocycles. The zero-order valence-corrected chi connectivity index (χ0v) is 14.2. The number of rotatable bonds is 5.